The minimum Gasteiger partial charge on any atom is -0.353 e. The van der Waals surface area contributed by atoms with Gasteiger partial charge in [-0.15, -0.1) is 0 Å². The van der Waals surface area contributed by atoms with E-state index in [0.29, 0.717) is 12.1 Å². The lowest BCUT2D eigenvalue weighted by atomic mass is 9.92. The highest BCUT2D eigenvalue weighted by molar-refractivity contribution is 5.79. The van der Waals surface area contributed by atoms with E-state index in [1.165, 1.54) is 89.9 Å². The lowest BCUT2D eigenvalue weighted by molar-refractivity contribution is -0.126. The van der Waals surface area contributed by atoms with Crippen LogP contribution in [0.3, 0.4) is 0 Å². The molecule has 5 heteroatoms. The van der Waals surface area contributed by atoms with Gasteiger partial charge in [-0.2, -0.15) is 0 Å². The van der Waals surface area contributed by atoms with Gasteiger partial charge in [-0.3, -0.25) is 9.59 Å². The summed E-state index contributed by atoms with van der Waals surface area (Å²) in [5.74, 6) is 0.507. The molecular weight excluding hydrogens is 446 g/mol. The fourth-order valence-corrected chi connectivity index (χ4v) is 6.82. The molecule has 3 aliphatic carbocycles. The second-order valence-corrected chi connectivity index (χ2v) is 12.4. The molecule has 0 aliphatic heterocycles. The predicted molar refractivity (Wildman–Crippen MR) is 150 cm³/mol. The van der Waals surface area contributed by atoms with E-state index in [0.717, 1.165) is 64.2 Å². The quantitative estimate of drug-likeness (QED) is 0.389. The minimum atomic E-state index is -0.00416. The number of carbonyl (C=O) groups is 2. The highest BCUT2D eigenvalue weighted by atomic mass is 16.2. The largest absolute Gasteiger partial charge is 0.353 e. The average molecular weight is 504 g/mol. The number of nitrogens with two attached hydrogens (primary N) is 1. The molecule has 2 amide bonds. The van der Waals surface area contributed by atoms with E-state index in [2.05, 4.69) is 10.6 Å². The molecule has 0 aromatic heterocycles. The number of nitrogens with one attached hydrogen (secondary N) is 2. The Morgan fingerprint density at radius 3 is 1.31 bits per heavy atom. The Hall–Kier alpha value is -1.10. The molecule has 5 nitrogen and oxygen atoms in total. The van der Waals surface area contributed by atoms with Gasteiger partial charge in [-0.25, -0.2) is 0 Å². The summed E-state index contributed by atoms with van der Waals surface area (Å²) >= 11 is 0. The van der Waals surface area contributed by atoms with Crippen LogP contribution >= 0.6 is 0 Å². The maximum absolute atomic E-state index is 13.3. The standard InChI is InChI=1S/C31H57N3O2/c32-27-23-22-25(30(35)33-28-18-11-7-3-1-4-8-12-19-28)16-15-17-26(24-27)31(36)34-29-20-13-9-5-2-6-10-14-21-29/h25-29H,1-24,32H2,(H,33,35)(H,34,36). The van der Waals surface area contributed by atoms with Crippen LogP contribution in [-0.2, 0) is 9.59 Å². The van der Waals surface area contributed by atoms with Gasteiger partial charge in [0.05, 0.1) is 0 Å². The fourth-order valence-electron chi connectivity index (χ4n) is 6.82. The average Bonchev–Trinajstić information content (AvgIpc) is 2.97. The lowest BCUT2D eigenvalue weighted by Gasteiger charge is -2.25. The number of hydrogen-bond acceptors (Lipinski definition) is 3. The molecule has 0 saturated heterocycles. The van der Waals surface area contributed by atoms with E-state index in [-0.39, 0.29) is 29.7 Å². The Kier molecular flexibility index (Phi) is 14.3. The first-order chi connectivity index (χ1) is 17.6. The van der Waals surface area contributed by atoms with Crippen molar-refractivity contribution in [3.8, 4) is 0 Å². The van der Waals surface area contributed by atoms with Crippen molar-refractivity contribution in [3.63, 3.8) is 0 Å². The van der Waals surface area contributed by atoms with Crippen LogP contribution in [0, 0.1) is 11.8 Å². The predicted octanol–water partition coefficient (Wildman–Crippen LogP) is 6.92. The normalized spacial score (nSPS) is 29.6. The van der Waals surface area contributed by atoms with Gasteiger partial charge in [0.25, 0.3) is 0 Å². The van der Waals surface area contributed by atoms with Crippen molar-refractivity contribution in [3.05, 3.63) is 0 Å². The van der Waals surface area contributed by atoms with Crippen LogP contribution in [0.1, 0.15) is 154 Å². The molecule has 0 heterocycles. The van der Waals surface area contributed by atoms with E-state index < -0.39 is 0 Å². The van der Waals surface area contributed by atoms with Crippen LogP contribution < -0.4 is 16.4 Å². The van der Waals surface area contributed by atoms with Crippen LogP contribution in [0.15, 0.2) is 0 Å². The highest BCUT2D eigenvalue weighted by Crippen LogP contribution is 2.27. The van der Waals surface area contributed by atoms with E-state index >= 15 is 0 Å². The van der Waals surface area contributed by atoms with Gasteiger partial charge in [0.2, 0.25) is 11.8 Å². The summed E-state index contributed by atoms with van der Waals surface area (Å²) in [6.45, 7) is 0. The summed E-state index contributed by atoms with van der Waals surface area (Å²) in [5, 5.41) is 6.87. The second kappa shape index (κ2) is 17.4. The summed E-state index contributed by atoms with van der Waals surface area (Å²) in [4.78, 5) is 26.5. The Morgan fingerprint density at radius 1 is 0.444 bits per heavy atom. The van der Waals surface area contributed by atoms with Gasteiger partial charge in [-0.1, -0.05) is 96.3 Å². The molecule has 36 heavy (non-hydrogen) atoms. The summed E-state index contributed by atoms with van der Waals surface area (Å²) in [6, 6.07) is 0.676. The molecule has 3 atom stereocenters. The van der Waals surface area contributed by atoms with E-state index in [1.807, 2.05) is 0 Å². The first kappa shape index (κ1) is 29.5. The van der Waals surface area contributed by atoms with Crippen molar-refractivity contribution in [2.75, 3.05) is 0 Å². The molecular formula is C31H57N3O2. The third-order valence-electron chi connectivity index (χ3n) is 9.22. The topological polar surface area (TPSA) is 84.2 Å². The molecule has 0 spiro atoms. The molecule has 3 rings (SSSR count). The molecule has 3 aliphatic rings. The Labute approximate surface area is 221 Å². The molecule has 3 saturated carbocycles. The van der Waals surface area contributed by atoms with Gasteiger partial charge in [0.15, 0.2) is 0 Å². The molecule has 0 aromatic rings. The van der Waals surface area contributed by atoms with Crippen molar-refractivity contribution < 1.29 is 9.59 Å². The zero-order valence-corrected chi connectivity index (χ0v) is 23.3. The van der Waals surface area contributed by atoms with Gasteiger partial charge in [-0.05, 0) is 57.8 Å². The van der Waals surface area contributed by atoms with Gasteiger partial charge >= 0.3 is 0 Å². The van der Waals surface area contributed by atoms with Crippen LogP contribution in [0.4, 0.5) is 0 Å². The molecule has 0 bridgehead atoms. The smallest absolute Gasteiger partial charge is 0.223 e. The number of carbonyl (C=O) groups excluding carboxylic acids is 2. The van der Waals surface area contributed by atoms with Crippen molar-refractivity contribution in [1.82, 2.24) is 10.6 Å². The summed E-state index contributed by atoms with van der Waals surface area (Å²) < 4.78 is 0. The Balaban J connectivity index is 1.47. The zero-order chi connectivity index (χ0) is 25.4. The maximum atomic E-state index is 13.3. The van der Waals surface area contributed by atoms with Crippen LogP contribution in [-0.4, -0.2) is 29.9 Å². The molecule has 3 unspecified atom stereocenters. The first-order valence-corrected chi connectivity index (χ1v) is 16.0. The number of rotatable bonds is 4. The minimum absolute atomic E-state index is 0.00416. The Bertz CT molecular complexity index is 605. The van der Waals surface area contributed by atoms with Crippen LogP contribution in [0.25, 0.3) is 0 Å². The van der Waals surface area contributed by atoms with Crippen LogP contribution in [0.2, 0.25) is 0 Å². The summed E-state index contributed by atoms with van der Waals surface area (Å²) in [5.41, 5.74) is 6.52. The van der Waals surface area contributed by atoms with Gasteiger partial charge in [0, 0.05) is 30.0 Å². The summed E-state index contributed by atoms with van der Waals surface area (Å²) in [6.07, 6.45) is 27.9. The number of amides is 2. The third-order valence-corrected chi connectivity index (χ3v) is 9.22. The van der Waals surface area contributed by atoms with Crippen molar-refractivity contribution in [1.29, 1.82) is 0 Å². The molecule has 0 radical (unpaired) electrons. The first-order valence-electron chi connectivity index (χ1n) is 16.0. The van der Waals surface area contributed by atoms with Gasteiger partial charge in [0.1, 0.15) is 0 Å². The fraction of sp³-hybridized carbons (Fsp3) is 0.935. The van der Waals surface area contributed by atoms with Crippen molar-refractivity contribution in [2.24, 2.45) is 17.6 Å². The van der Waals surface area contributed by atoms with E-state index in [1.54, 1.807) is 0 Å². The monoisotopic (exact) mass is 503 g/mol. The molecule has 4 N–H and O–H groups in total. The van der Waals surface area contributed by atoms with Gasteiger partial charge < -0.3 is 16.4 Å². The van der Waals surface area contributed by atoms with Crippen LogP contribution in [0.5, 0.6) is 0 Å². The SMILES string of the molecule is NC1CCC(C(=O)NC2CCCCCCCCC2)CCCC(C(=O)NC2CCCCCCCCC2)C1. The van der Waals surface area contributed by atoms with E-state index in [9.17, 15) is 9.59 Å². The van der Waals surface area contributed by atoms with Crippen molar-refractivity contribution in [2.45, 2.75) is 172 Å². The summed E-state index contributed by atoms with van der Waals surface area (Å²) in [7, 11) is 0. The number of hydrogen-bond donors (Lipinski definition) is 3. The highest BCUT2D eigenvalue weighted by Gasteiger charge is 2.29. The van der Waals surface area contributed by atoms with E-state index in [4.69, 9.17) is 5.73 Å². The molecule has 3 fully saturated rings. The maximum Gasteiger partial charge on any atom is 0.223 e. The Morgan fingerprint density at radius 2 is 0.833 bits per heavy atom. The zero-order valence-electron chi connectivity index (χ0n) is 23.3. The second-order valence-electron chi connectivity index (χ2n) is 12.4. The lowest BCUT2D eigenvalue weighted by Crippen LogP contribution is -2.41. The molecule has 0 aromatic carbocycles. The third kappa shape index (κ3) is 11.5. The molecule has 208 valence electrons. The van der Waals surface area contributed by atoms with Crippen molar-refractivity contribution >= 4 is 11.8 Å².